The maximum atomic E-state index is 11.3. The van der Waals surface area contributed by atoms with Gasteiger partial charge in [-0.1, -0.05) is 0 Å². The second-order valence-corrected chi connectivity index (χ2v) is 4.19. The van der Waals surface area contributed by atoms with E-state index in [9.17, 15) is 4.79 Å². The molecule has 0 aliphatic carbocycles. The number of hydrogen-bond donors (Lipinski definition) is 3. The molecule has 18 heavy (non-hydrogen) atoms. The number of hydrazine groups is 1. The summed E-state index contributed by atoms with van der Waals surface area (Å²) in [5.74, 6) is 5.35. The first-order valence-corrected chi connectivity index (χ1v) is 5.76. The Kier molecular flexibility index (Phi) is 4.32. The van der Waals surface area contributed by atoms with Crippen LogP contribution >= 0.6 is 0 Å². The number of nitrogen functional groups attached to an aromatic ring is 1. The lowest BCUT2D eigenvalue weighted by Gasteiger charge is -2.31. The minimum absolute atomic E-state index is 0.00941. The Hall–Kier alpha value is -1.41. The number of amides is 1. The van der Waals surface area contributed by atoms with E-state index in [4.69, 9.17) is 20.1 Å². The monoisotopic (exact) mass is 255 g/mol. The van der Waals surface area contributed by atoms with Crippen molar-refractivity contribution in [2.45, 2.75) is 12.6 Å². The molecule has 2 rings (SSSR count). The Labute approximate surface area is 104 Å². The smallest absolute Gasteiger partial charge is 0.268 e. The summed E-state index contributed by atoms with van der Waals surface area (Å²) >= 11 is 0. The molecule has 2 heterocycles. The van der Waals surface area contributed by atoms with E-state index in [1.807, 2.05) is 5.43 Å². The minimum Gasteiger partial charge on any atom is -0.467 e. The van der Waals surface area contributed by atoms with Crippen LogP contribution in [0.3, 0.4) is 0 Å². The molecular weight excluding hydrogens is 238 g/mol. The number of furan rings is 1. The molecule has 1 aliphatic heterocycles. The van der Waals surface area contributed by atoms with Crippen LogP contribution in [0.4, 0.5) is 0 Å². The Morgan fingerprint density at radius 2 is 2.50 bits per heavy atom. The molecule has 1 amide bonds. The third-order valence-corrected chi connectivity index (χ3v) is 2.85. The van der Waals surface area contributed by atoms with Crippen LogP contribution in [0.5, 0.6) is 0 Å². The van der Waals surface area contributed by atoms with E-state index in [1.165, 1.54) is 6.26 Å². The molecule has 0 spiro atoms. The number of nitrogens with zero attached hydrogens (tertiary/aromatic N) is 1. The van der Waals surface area contributed by atoms with Gasteiger partial charge in [-0.15, -0.1) is 0 Å². The van der Waals surface area contributed by atoms with Gasteiger partial charge in [0.2, 0.25) is 0 Å². The molecule has 7 heteroatoms. The van der Waals surface area contributed by atoms with Crippen LogP contribution in [0.15, 0.2) is 16.7 Å². The van der Waals surface area contributed by atoms with E-state index in [0.29, 0.717) is 31.0 Å². The van der Waals surface area contributed by atoms with Gasteiger partial charge < -0.3 is 14.3 Å². The summed E-state index contributed by atoms with van der Waals surface area (Å²) in [6, 6.07) is 1.66. The van der Waals surface area contributed by atoms with Crippen molar-refractivity contribution in [1.82, 2.24) is 10.3 Å². The van der Waals surface area contributed by atoms with Gasteiger partial charge in [0.15, 0.2) is 0 Å². The molecule has 0 saturated carbocycles. The number of aliphatic hydroxyl groups is 1. The first-order valence-electron chi connectivity index (χ1n) is 5.76. The summed E-state index contributed by atoms with van der Waals surface area (Å²) in [5.41, 5.74) is 2.45. The van der Waals surface area contributed by atoms with Crippen molar-refractivity contribution in [2.24, 2.45) is 5.84 Å². The first kappa shape index (κ1) is 13.0. The van der Waals surface area contributed by atoms with Crippen molar-refractivity contribution in [1.29, 1.82) is 0 Å². The summed E-state index contributed by atoms with van der Waals surface area (Å²) in [4.78, 5) is 13.4. The number of hydrogen-bond acceptors (Lipinski definition) is 6. The second kappa shape index (κ2) is 5.96. The molecule has 0 bridgehead atoms. The molecule has 1 unspecified atom stereocenters. The van der Waals surface area contributed by atoms with Crippen LogP contribution in [0, 0.1) is 0 Å². The van der Waals surface area contributed by atoms with Gasteiger partial charge in [-0.25, -0.2) is 5.84 Å². The molecule has 1 atom stereocenters. The van der Waals surface area contributed by atoms with Gasteiger partial charge in [-0.2, -0.15) is 0 Å². The van der Waals surface area contributed by atoms with Gasteiger partial charge in [0.05, 0.1) is 31.4 Å². The molecule has 1 fully saturated rings. The largest absolute Gasteiger partial charge is 0.467 e. The highest BCUT2D eigenvalue weighted by atomic mass is 16.5. The number of nitrogens with two attached hydrogens (primary N) is 1. The molecular formula is C11H17N3O4. The van der Waals surface area contributed by atoms with Gasteiger partial charge in [-0.3, -0.25) is 15.1 Å². The zero-order chi connectivity index (χ0) is 13.0. The molecule has 1 aromatic heterocycles. The predicted molar refractivity (Wildman–Crippen MR) is 62.5 cm³/mol. The van der Waals surface area contributed by atoms with Crippen LogP contribution in [-0.4, -0.2) is 48.3 Å². The van der Waals surface area contributed by atoms with Crippen molar-refractivity contribution in [3.05, 3.63) is 23.7 Å². The molecule has 0 radical (unpaired) electrons. The highest BCUT2D eigenvalue weighted by molar-refractivity contribution is 5.93. The topological polar surface area (TPSA) is 101 Å². The maximum Gasteiger partial charge on any atom is 0.268 e. The highest BCUT2D eigenvalue weighted by Gasteiger charge is 2.21. The average molecular weight is 255 g/mol. The molecule has 1 saturated heterocycles. The Balaban J connectivity index is 1.92. The minimum atomic E-state index is -0.375. The molecule has 0 aromatic carbocycles. The first-order chi connectivity index (χ1) is 8.72. The summed E-state index contributed by atoms with van der Waals surface area (Å²) in [6.07, 6.45) is 1.22. The van der Waals surface area contributed by atoms with Crippen molar-refractivity contribution < 1.29 is 19.1 Å². The van der Waals surface area contributed by atoms with Gasteiger partial charge in [-0.05, 0) is 6.07 Å². The number of ether oxygens (including phenoxy) is 1. The summed E-state index contributed by atoms with van der Waals surface area (Å²) in [7, 11) is 0. The standard InChI is InChI=1S/C11H17N3O4/c12-13-11(16)8-3-9(18-7-8)4-14-1-2-17-10(5-14)6-15/h3,7,10,15H,1-2,4-6,12H2,(H,13,16). The van der Waals surface area contributed by atoms with E-state index >= 15 is 0 Å². The highest BCUT2D eigenvalue weighted by Crippen LogP contribution is 2.13. The van der Waals surface area contributed by atoms with Crippen LogP contribution in [0.1, 0.15) is 16.1 Å². The van der Waals surface area contributed by atoms with E-state index in [1.54, 1.807) is 6.07 Å². The fourth-order valence-corrected chi connectivity index (χ4v) is 1.92. The summed E-state index contributed by atoms with van der Waals surface area (Å²) in [5, 5.41) is 9.04. The van der Waals surface area contributed by atoms with E-state index in [2.05, 4.69) is 4.90 Å². The van der Waals surface area contributed by atoms with Crippen LogP contribution in [0.25, 0.3) is 0 Å². The number of aliphatic hydroxyl groups excluding tert-OH is 1. The zero-order valence-electron chi connectivity index (χ0n) is 9.96. The predicted octanol–water partition coefficient (Wildman–Crippen LogP) is -0.924. The maximum absolute atomic E-state index is 11.3. The molecule has 7 nitrogen and oxygen atoms in total. The van der Waals surface area contributed by atoms with Gasteiger partial charge in [0.25, 0.3) is 5.91 Å². The Bertz CT molecular complexity index is 407. The van der Waals surface area contributed by atoms with Gasteiger partial charge in [0.1, 0.15) is 12.0 Å². The fraction of sp³-hybridized carbons (Fsp3) is 0.545. The quantitative estimate of drug-likeness (QED) is 0.365. The van der Waals surface area contributed by atoms with Crippen LogP contribution < -0.4 is 11.3 Å². The van der Waals surface area contributed by atoms with E-state index in [0.717, 1.165) is 6.54 Å². The van der Waals surface area contributed by atoms with Crippen molar-refractivity contribution in [3.8, 4) is 0 Å². The number of carbonyl (C=O) groups is 1. The molecule has 1 aromatic rings. The molecule has 1 aliphatic rings. The SMILES string of the molecule is NNC(=O)c1coc(CN2CCOC(CO)C2)c1. The lowest BCUT2D eigenvalue weighted by molar-refractivity contribution is -0.0564. The lowest BCUT2D eigenvalue weighted by Crippen LogP contribution is -2.43. The Morgan fingerprint density at radius 1 is 1.67 bits per heavy atom. The van der Waals surface area contributed by atoms with E-state index in [-0.39, 0.29) is 18.6 Å². The van der Waals surface area contributed by atoms with Crippen molar-refractivity contribution >= 4 is 5.91 Å². The third kappa shape index (κ3) is 3.08. The molecule has 4 N–H and O–H groups in total. The molecule has 100 valence electrons. The third-order valence-electron chi connectivity index (χ3n) is 2.85. The Morgan fingerprint density at radius 3 is 3.22 bits per heavy atom. The second-order valence-electron chi connectivity index (χ2n) is 4.19. The van der Waals surface area contributed by atoms with E-state index < -0.39 is 0 Å². The number of carbonyl (C=O) groups excluding carboxylic acids is 1. The average Bonchev–Trinajstić information content (AvgIpc) is 2.86. The summed E-state index contributed by atoms with van der Waals surface area (Å²) < 4.78 is 10.7. The van der Waals surface area contributed by atoms with Crippen LogP contribution in [-0.2, 0) is 11.3 Å². The number of morpholine rings is 1. The van der Waals surface area contributed by atoms with Crippen LogP contribution in [0.2, 0.25) is 0 Å². The zero-order valence-corrected chi connectivity index (χ0v) is 9.96. The lowest BCUT2D eigenvalue weighted by atomic mass is 10.2. The van der Waals surface area contributed by atoms with Crippen molar-refractivity contribution in [2.75, 3.05) is 26.3 Å². The fourth-order valence-electron chi connectivity index (χ4n) is 1.92. The van der Waals surface area contributed by atoms with Crippen molar-refractivity contribution in [3.63, 3.8) is 0 Å². The normalized spacial score (nSPS) is 20.9. The van der Waals surface area contributed by atoms with Gasteiger partial charge >= 0.3 is 0 Å². The number of rotatable bonds is 4. The number of nitrogens with one attached hydrogen (secondary N) is 1. The van der Waals surface area contributed by atoms with Gasteiger partial charge in [0, 0.05) is 13.1 Å². The summed E-state index contributed by atoms with van der Waals surface area (Å²) in [6.45, 7) is 2.60.